The van der Waals surface area contributed by atoms with E-state index in [2.05, 4.69) is 26.6 Å². The number of amides is 2. The van der Waals surface area contributed by atoms with Crippen molar-refractivity contribution in [3.05, 3.63) is 34.3 Å². The molecular weight excluding hydrogens is 320 g/mol. The zero-order valence-electron chi connectivity index (χ0n) is 11.7. The molecule has 20 heavy (non-hydrogen) atoms. The first kappa shape index (κ1) is 15.0. The van der Waals surface area contributed by atoms with Crippen molar-refractivity contribution in [2.24, 2.45) is 5.92 Å². The van der Waals surface area contributed by atoms with Crippen LogP contribution in [0.2, 0.25) is 0 Å². The summed E-state index contributed by atoms with van der Waals surface area (Å²) in [6.07, 6.45) is 1.04. The molecule has 1 aliphatic heterocycles. The van der Waals surface area contributed by atoms with Crippen molar-refractivity contribution in [3.8, 4) is 0 Å². The third kappa shape index (κ3) is 4.07. The van der Waals surface area contributed by atoms with Crippen molar-refractivity contribution < 1.29 is 9.59 Å². The second-order valence-corrected chi connectivity index (χ2v) is 6.80. The fourth-order valence-corrected chi connectivity index (χ4v) is 2.65. The summed E-state index contributed by atoms with van der Waals surface area (Å²) < 4.78 is 1.04. The molecule has 1 atom stereocenters. The predicted octanol–water partition coefficient (Wildman–Crippen LogP) is 2.02. The number of carbonyl (C=O) groups excluding carboxylic acids is 2. The van der Waals surface area contributed by atoms with Gasteiger partial charge < -0.3 is 10.6 Å². The molecule has 108 valence electrons. The highest BCUT2D eigenvalue weighted by molar-refractivity contribution is 9.10. The molecule has 1 aromatic carbocycles. The molecule has 1 saturated heterocycles. The summed E-state index contributed by atoms with van der Waals surface area (Å²) in [6.45, 7) is 4.44. The molecule has 5 heteroatoms. The molecular formula is C15H19BrN2O2. The van der Waals surface area contributed by atoms with Crippen LogP contribution in [-0.4, -0.2) is 23.9 Å². The van der Waals surface area contributed by atoms with Crippen LogP contribution in [0, 0.1) is 5.92 Å². The summed E-state index contributed by atoms with van der Waals surface area (Å²) in [5, 5.41) is 5.73. The van der Waals surface area contributed by atoms with Gasteiger partial charge in [0.05, 0.1) is 5.92 Å². The molecule has 2 rings (SSSR count). The zero-order chi connectivity index (χ0) is 14.8. The molecule has 1 fully saturated rings. The first-order valence-electron chi connectivity index (χ1n) is 6.69. The molecule has 0 spiro atoms. The lowest BCUT2D eigenvalue weighted by Gasteiger charge is -2.28. The van der Waals surface area contributed by atoms with Gasteiger partial charge in [0.25, 0.3) is 0 Å². The van der Waals surface area contributed by atoms with Gasteiger partial charge in [-0.25, -0.2) is 0 Å². The number of hydrogen-bond acceptors (Lipinski definition) is 2. The Hall–Kier alpha value is -1.36. The normalized spacial score (nSPS) is 18.8. The van der Waals surface area contributed by atoms with Crippen LogP contribution in [0.15, 0.2) is 28.7 Å². The summed E-state index contributed by atoms with van der Waals surface area (Å²) in [6, 6.07) is 8.07. The van der Waals surface area contributed by atoms with Gasteiger partial charge in [0.1, 0.15) is 0 Å². The van der Waals surface area contributed by atoms with Crippen LogP contribution in [0.3, 0.4) is 0 Å². The number of halogens is 1. The molecule has 2 amide bonds. The summed E-state index contributed by atoms with van der Waals surface area (Å²) in [4.78, 5) is 23.3. The maximum absolute atomic E-state index is 12.1. The van der Waals surface area contributed by atoms with E-state index in [1.807, 2.05) is 38.1 Å². The lowest BCUT2D eigenvalue weighted by Crippen LogP contribution is -2.48. The molecule has 0 aromatic heterocycles. The van der Waals surface area contributed by atoms with E-state index in [-0.39, 0.29) is 23.3 Å². The molecule has 1 aromatic rings. The zero-order valence-corrected chi connectivity index (χ0v) is 13.3. The maximum Gasteiger partial charge on any atom is 0.225 e. The lowest BCUT2D eigenvalue weighted by molar-refractivity contribution is -0.127. The highest BCUT2D eigenvalue weighted by Crippen LogP contribution is 2.18. The summed E-state index contributed by atoms with van der Waals surface area (Å²) >= 11 is 3.41. The predicted molar refractivity (Wildman–Crippen MR) is 81.2 cm³/mol. The molecule has 0 bridgehead atoms. The number of carbonyl (C=O) groups is 2. The van der Waals surface area contributed by atoms with E-state index in [0.717, 1.165) is 10.9 Å². The second-order valence-electron chi connectivity index (χ2n) is 5.88. The Morgan fingerprint density at radius 2 is 2.05 bits per heavy atom. The van der Waals surface area contributed by atoms with Crippen molar-refractivity contribution in [3.63, 3.8) is 0 Å². The Bertz CT molecular complexity index is 511. The Morgan fingerprint density at radius 3 is 2.60 bits per heavy atom. The van der Waals surface area contributed by atoms with Gasteiger partial charge in [0.15, 0.2) is 0 Å². The molecule has 0 radical (unpaired) electrons. The van der Waals surface area contributed by atoms with Gasteiger partial charge in [-0.05, 0) is 38.0 Å². The number of benzene rings is 1. The second kappa shape index (κ2) is 5.95. The highest BCUT2D eigenvalue weighted by atomic mass is 79.9. The Labute approximate surface area is 127 Å². The first-order chi connectivity index (χ1) is 9.35. The van der Waals surface area contributed by atoms with E-state index in [1.54, 1.807) is 0 Å². The van der Waals surface area contributed by atoms with Gasteiger partial charge in [-0.1, -0.05) is 28.1 Å². The molecule has 0 aliphatic carbocycles. The third-order valence-electron chi connectivity index (χ3n) is 3.37. The molecule has 1 aliphatic rings. The topological polar surface area (TPSA) is 58.2 Å². The van der Waals surface area contributed by atoms with E-state index in [0.29, 0.717) is 13.0 Å². The quantitative estimate of drug-likeness (QED) is 0.882. The van der Waals surface area contributed by atoms with Crippen molar-refractivity contribution in [2.75, 3.05) is 6.54 Å². The van der Waals surface area contributed by atoms with E-state index < -0.39 is 0 Å². The largest absolute Gasteiger partial charge is 0.355 e. The smallest absolute Gasteiger partial charge is 0.225 e. The monoisotopic (exact) mass is 338 g/mol. The number of hydrogen-bond donors (Lipinski definition) is 2. The van der Waals surface area contributed by atoms with Crippen molar-refractivity contribution >= 4 is 27.7 Å². The summed E-state index contributed by atoms with van der Waals surface area (Å²) in [5.41, 5.74) is 0.829. The van der Waals surface area contributed by atoms with Crippen LogP contribution in [0.1, 0.15) is 25.8 Å². The number of nitrogens with one attached hydrogen (secondary N) is 2. The van der Waals surface area contributed by atoms with Crippen LogP contribution in [0.4, 0.5) is 0 Å². The van der Waals surface area contributed by atoms with Crippen LogP contribution in [-0.2, 0) is 16.0 Å². The minimum absolute atomic E-state index is 0.0455. The van der Waals surface area contributed by atoms with Crippen LogP contribution >= 0.6 is 15.9 Å². The molecule has 1 heterocycles. The van der Waals surface area contributed by atoms with Crippen molar-refractivity contribution in [2.45, 2.75) is 32.2 Å². The fourth-order valence-electron chi connectivity index (χ4n) is 2.38. The average molecular weight is 339 g/mol. The molecule has 4 nitrogen and oxygen atoms in total. The van der Waals surface area contributed by atoms with Gasteiger partial charge in [-0.15, -0.1) is 0 Å². The van der Waals surface area contributed by atoms with Crippen molar-refractivity contribution in [1.29, 1.82) is 0 Å². The SMILES string of the molecule is CC(C)(Cc1ccc(Br)cc1)NC(=O)C1CNC(=O)C1. The van der Waals surface area contributed by atoms with E-state index >= 15 is 0 Å². The van der Waals surface area contributed by atoms with Gasteiger partial charge in [-0.2, -0.15) is 0 Å². The van der Waals surface area contributed by atoms with E-state index in [4.69, 9.17) is 0 Å². The molecule has 2 N–H and O–H groups in total. The minimum Gasteiger partial charge on any atom is -0.355 e. The first-order valence-corrected chi connectivity index (χ1v) is 7.48. The Morgan fingerprint density at radius 1 is 1.40 bits per heavy atom. The standard InChI is InChI=1S/C15H19BrN2O2/c1-15(2,8-10-3-5-12(16)6-4-10)18-14(20)11-7-13(19)17-9-11/h3-6,11H,7-9H2,1-2H3,(H,17,19)(H,18,20). The van der Waals surface area contributed by atoms with Gasteiger partial charge in [0.2, 0.25) is 11.8 Å². The van der Waals surface area contributed by atoms with Gasteiger partial charge in [0, 0.05) is 23.0 Å². The lowest BCUT2D eigenvalue weighted by atomic mass is 9.93. The number of rotatable bonds is 4. The average Bonchev–Trinajstić information content (AvgIpc) is 2.78. The fraction of sp³-hybridized carbons (Fsp3) is 0.467. The highest BCUT2D eigenvalue weighted by Gasteiger charge is 2.31. The minimum atomic E-state index is -0.337. The maximum atomic E-state index is 12.1. The van der Waals surface area contributed by atoms with E-state index in [9.17, 15) is 9.59 Å². The Kier molecular flexibility index (Phi) is 4.48. The summed E-state index contributed by atoms with van der Waals surface area (Å²) in [7, 11) is 0. The molecule has 0 saturated carbocycles. The third-order valence-corrected chi connectivity index (χ3v) is 3.90. The Balaban J connectivity index is 1.94. The van der Waals surface area contributed by atoms with Gasteiger partial charge >= 0.3 is 0 Å². The van der Waals surface area contributed by atoms with Gasteiger partial charge in [-0.3, -0.25) is 9.59 Å². The van der Waals surface area contributed by atoms with Crippen LogP contribution < -0.4 is 10.6 Å². The molecule has 1 unspecified atom stereocenters. The van der Waals surface area contributed by atoms with Crippen LogP contribution in [0.5, 0.6) is 0 Å². The van der Waals surface area contributed by atoms with Crippen LogP contribution in [0.25, 0.3) is 0 Å². The summed E-state index contributed by atoms with van der Waals surface area (Å²) in [5.74, 6) is -0.340. The van der Waals surface area contributed by atoms with Crippen molar-refractivity contribution in [1.82, 2.24) is 10.6 Å². The van der Waals surface area contributed by atoms with E-state index in [1.165, 1.54) is 5.56 Å².